The maximum Gasteiger partial charge on any atom is 0.322 e. The van der Waals surface area contributed by atoms with Gasteiger partial charge in [0.15, 0.2) is 0 Å². The Hall–Kier alpha value is -5.14. The van der Waals surface area contributed by atoms with Crippen LogP contribution in [0.5, 0.6) is 11.5 Å². The summed E-state index contributed by atoms with van der Waals surface area (Å²) >= 11 is 0. The Morgan fingerprint density at radius 3 is 1.33 bits per heavy atom. The van der Waals surface area contributed by atoms with Crippen molar-refractivity contribution < 1.29 is 28.9 Å². The van der Waals surface area contributed by atoms with Crippen molar-refractivity contribution in [2.75, 3.05) is 27.3 Å². The Morgan fingerprint density at radius 1 is 0.690 bits per heavy atom. The second-order valence-corrected chi connectivity index (χ2v) is 9.88. The first-order valence-corrected chi connectivity index (χ1v) is 13.2. The molecule has 2 unspecified atom stereocenters. The van der Waals surface area contributed by atoms with E-state index >= 15 is 0 Å². The highest BCUT2D eigenvalue weighted by atomic mass is 16.6. The number of carbonyl (C=O) groups is 2. The quantitative estimate of drug-likeness (QED) is 0.225. The molecule has 4 rings (SSSR count). The molecule has 2 atom stereocenters. The molecule has 42 heavy (non-hydrogen) atoms. The summed E-state index contributed by atoms with van der Waals surface area (Å²) in [6, 6.07) is 11.1. The van der Waals surface area contributed by atoms with Crippen molar-refractivity contribution in [3.63, 3.8) is 0 Å². The average molecular weight is 581 g/mol. The monoisotopic (exact) mass is 580 g/mol. The molecule has 2 N–H and O–H groups in total. The van der Waals surface area contributed by atoms with Gasteiger partial charge in [0.1, 0.15) is 23.6 Å². The summed E-state index contributed by atoms with van der Waals surface area (Å²) in [5.74, 6) is 1.19. The number of nitro groups is 2. The number of hydrogen-bond acceptors (Lipinski definition) is 8. The summed E-state index contributed by atoms with van der Waals surface area (Å²) in [6.07, 6.45) is 1.41. The predicted octanol–water partition coefficient (Wildman–Crippen LogP) is 4.33. The fourth-order valence-electron chi connectivity index (χ4n) is 4.70. The predicted molar refractivity (Wildman–Crippen MR) is 151 cm³/mol. The Labute approximate surface area is 241 Å². The number of nitrogens with zero attached hydrogens (tertiary/aromatic N) is 4. The number of ether oxygens (including phenoxy) is 2. The van der Waals surface area contributed by atoms with Crippen LogP contribution >= 0.6 is 0 Å². The van der Waals surface area contributed by atoms with Gasteiger partial charge in [0.25, 0.3) is 11.4 Å². The first kappa shape index (κ1) is 29.8. The lowest BCUT2D eigenvalue weighted by molar-refractivity contribution is -0.433. The first-order valence-electron chi connectivity index (χ1n) is 13.2. The molecule has 4 amide bonds. The smallest absolute Gasteiger partial charge is 0.322 e. The van der Waals surface area contributed by atoms with Gasteiger partial charge in [-0.2, -0.15) is 0 Å². The highest BCUT2D eigenvalue weighted by molar-refractivity contribution is 5.79. The van der Waals surface area contributed by atoms with Crippen LogP contribution in [-0.4, -0.2) is 59.0 Å². The van der Waals surface area contributed by atoms with E-state index in [1.165, 1.54) is 23.9 Å². The van der Waals surface area contributed by atoms with Gasteiger partial charge < -0.3 is 20.1 Å². The van der Waals surface area contributed by atoms with Gasteiger partial charge in [0.2, 0.25) is 0 Å². The number of nitrogens with one attached hydrogen (secondary N) is 2. The SMILES string of the molecule is CC1=C([N+](=O)[O-])C(c2ccc(OCCCCOc3ccc(C4NC(=O)N(C)C(C)=C4[N+](=O)[O-])cc3)cc2)NC(=O)N1C. The minimum Gasteiger partial charge on any atom is -0.494 e. The number of benzene rings is 2. The molecule has 2 aromatic rings. The van der Waals surface area contributed by atoms with Crippen LogP contribution in [0.25, 0.3) is 0 Å². The molecule has 0 spiro atoms. The van der Waals surface area contributed by atoms with Gasteiger partial charge in [-0.05, 0) is 62.1 Å². The number of carbonyl (C=O) groups excluding carboxylic acids is 2. The fraction of sp³-hybridized carbons (Fsp3) is 0.357. The van der Waals surface area contributed by atoms with Crippen molar-refractivity contribution >= 4 is 12.1 Å². The second-order valence-electron chi connectivity index (χ2n) is 9.88. The number of rotatable bonds is 11. The van der Waals surface area contributed by atoms with Crippen LogP contribution in [0.1, 0.15) is 49.9 Å². The summed E-state index contributed by atoms with van der Waals surface area (Å²) in [6.45, 7) is 3.95. The third kappa shape index (κ3) is 6.27. The summed E-state index contributed by atoms with van der Waals surface area (Å²) in [5.41, 5.74) is 1.56. The Morgan fingerprint density at radius 2 is 1.02 bits per heavy atom. The van der Waals surface area contributed by atoms with Crippen molar-refractivity contribution in [3.8, 4) is 11.5 Å². The van der Waals surface area contributed by atoms with Gasteiger partial charge in [0, 0.05) is 14.1 Å². The van der Waals surface area contributed by atoms with Crippen LogP contribution < -0.4 is 20.1 Å². The normalized spacial score (nSPS) is 19.0. The first-order chi connectivity index (χ1) is 20.0. The van der Waals surface area contributed by atoms with E-state index in [-0.39, 0.29) is 22.8 Å². The molecule has 0 fully saturated rings. The lowest BCUT2D eigenvalue weighted by atomic mass is 10.0. The maximum absolute atomic E-state index is 12.2. The minimum absolute atomic E-state index is 0.0813. The van der Waals surface area contributed by atoms with Crippen LogP contribution in [0.4, 0.5) is 9.59 Å². The Kier molecular flexibility index (Phi) is 8.93. The standard InChI is InChI=1S/C28H32N6O8/c1-17-25(33(37)38)23(29-27(35)31(17)3)19-7-11-21(12-8-19)41-15-5-6-16-42-22-13-9-20(10-14-22)24-26(34(39)40)18(2)32(4)28(36)30-24/h7-14,23-24H,5-6,15-16H2,1-4H3,(H,29,35)(H,30,36). The molecule has 2 heterocycles. The third-order valence-corrected chi connectivity index (χ3v) is 7.34. The van der Waals surface area contributed by atoms with Crippen molar-refractivity contribution in [2.24, 2.45) is 0 Å². The van der Waals surface area contributed by atoms with Gasteiger partial charge in [-0.15, -0.1) is 0 Å². The van der Waals surface area contributed by atoms with E-state index in [4.69, 9.17) is 9.47 Å². The topological polar surface area (TPSA) is 169 Å². The highest BCUT2D eigenvalue weighted by Crippen LogP contribution is 2.32. The van der Waals surface area contributed by atoms with Crippen LogP contribution in [0.15, 0.2) is 71.3 Å². The summed E-state index contributed by atoms with van der Waals surface area (Å²) < 4.78 is 11.6. The van der Waals surface area contributed by atoms with Crippen LogP contribution in [-0.2, 0) is 0 Å². The Balaban J connectivity index is 1.24. The van der Waals surface area contributed by atoms with E-state index in [1.54, 1.807) is 62.4 Å². The average Bonchev–Trinajstić information content (AvgIpc) is 2.96. The van der Waals surface area contributed by atoms with Gasteiger partial charge >= 0.3 is 12.1 Å². The lowest BCUT2D eigenvalue weighted by Crippen LogP contribution is -2.45. The number of hydrogen-bond donors (Lipinski definition) is 2. The summed E-state index contributed by atoms with van der Waals surface area (Å²) in [7, 11) is 2.96. The fourth-order valence-corrected chi connectivity index (χ4v) is 4.70. The molecule has 0 saturated carbocycles. The van der Waals surface area contributed by atoms with E-state index in [0.717, 1.165) is 0 Å². The number of allylic oxidation sites excluding steroid dienone is 2. The summed E-state index contributed by atoms with van der Waals surface area (Å²) in [4.78, 5) is 49.1. The number of amides is 4. The van der Waals surface area contributed by atoms with E-state index in [9.17, 15) is 29.8 Å². The zero-order valence-electron chi connectivity index (χ0n) is 23.7. The molecule has 2 aliphatic rings. The third-order valence-electron chi connectivity index (χ3n) is 7.34. The molecule has 14 nitrogen and oxygen atoms in total. The molecule has 2 aliphatic heterocycles. The largest absolute Gasteiger partial charge is 0.494 e. The molecule has 0 bridgehead atoms. The van der Waals surface area contributed by atoms with Crippen LogP contribution in [0.3, 0.4) is 0 Å². The molecule has 2 aromatic carbocycles. The molecule has 0 saturated heterocycles. The Bertz CT molecular complexity index is 1330. The lowest BCUT2D eigenvalue weighted by Gasteiger charge is -2.29. The van der Waals surface area contributed by atoms with Crippen molar-refractivity contribution in [1.82, 2.24) is 20.4 Å². The molecule has 0 aromatic heterocycles. The second kappa shape index (κ2) is 12.6. The molecule has 222 valence electrons. The van der Waals surface area contributed by atoms with E-state index in [0.29, 0.717) is 48.7 Å². The zero-order valence-corrected chi connectivity index (χ0v) is 23.7. The number of urea groups is 2. The summed E-state index contributed by atoms with van der Waals surface area (Å²) in [5, 5.41) is 28.6. The molecule has 14 heteroatoms. The highest BCUT2D eigenvalue weighted by Gasteiger charge is 2.39. The van der Waals surface area contributed by atoms with Gasteiger partial charge in [-0.3, -0.25) is 30.0 Å². The molecule has 0 radical (unpaired) electrons. The van der Waals surface area contributed by atoms with Gasteiger partial charge in [0.05, 0.1) is 34.5 Å². The van der Waals surface area contributed by atoms with Gasteiger partial charge in [-0.25, -0.2) is 9.59 Å². The van der Waals surface area contributed by atoms with E-state index < -0.39 is 34.0 Å². The molecular formula is C28H32N6O8. The maximum atomic E-state index is 12.2. The zero-order chi connectivity index (χ0) is 30.6. The van der Waals surface area contributed by atoms with E-state index in [2.05, 4.69) is 10.6 Å². The van der Waals surface area contributed by atoms with E-state index in [1.807, 2.05) is 0 Å². The van der Waals surface area contributed by atoms with Crippen LogP contribution in [0.2, 0.25) is 0 Å². The number of unbranched alkanes of at least 4 members (excludes halogenated alkanes) is 1. The molecule has 0 aliphatic carbocycles. The molecular weight excluding hydrogens is 548 g/mol. The van der Waals surface area contributed by atoms with Crippen molar-refractivity contribution in [1.29, 1.82) is 0 Å². The van der Waals surface area contributed by atoms with Crippen molar-refractivity contribution in [2.45, 2.75) is 38.8 Å². The van der Waals surface area contributed by atoms with Gasteiger partial charge in [-0.1, -0.05) is 24.3 Å². The van der Waals surface area contributed by atoms with Crippen LogP contribution in [0, 0.1) is 20.2 Å². The minimum atomic E-state index is -0.859. The van der Waals surface area contributed by atoms with Crippen molar-refractivity contribution in [3.05, 3.63) is 103 Å².